The number of hydrogen-bond acceptors (Lipinski definition) is 6. The average Bonchev–Trinajstić information content (AvgIpc) is 3.08. The lowest BCUT2D eigenvalue weighted by Crippen LogP contribution is -2.13. The minimum Gasteiger partial charge on any atom is -0.325 e. The topological polar surface area (TPSA) is 84.0 Å². The van der Waals surface area contributed by atoms with E-state index in [0.29, 0.717) is 25.7 Å². The molecule has 3 aromatic rings. The summed E-state index contributed by atoms with van der Waals surface area (Å²) in [6.07, 6.45) is 0. The molecule has 0 unspecified atom stereocenters. The Kier molecular flexibility index (Phi) is 6.38. The summed E-state index contributed by atoms with van der Waals surface area (Å²) in [6.45, 7) is 0. The zero-order valence-electron chi connectivity index (χ0n) is 13.6. The lowest BCUT2D eigenvalue weighted by atomic mass is 10.2. The Morgan fingerprint density at radius 1 is 1.11 bits per heavy atom. The van der Waals surface area contributed by atoms with Crippen LogP contribution in [0.1, 0.15) is 10.4 Å². The van der Waals surface area contributed by atoms with E-state index in [2.05, 4.69) is 20.8 Å². The number of nitrogens with one attached hydrogen (secondary N) is 2. The number of hydrogen-bond donors (Lipinski definition) is 2. The number of thioether (sulfide) groups is 1. The van der Waals surface area contributed by atoms with Crippen LogP contribution in [0.4, 0.5) is 15.2 Å². The summed E-state index contributed by atoms with van der Waals surface area (Å²) in [4.78, 5) is 24.0. The first-order valence-corrected chi connectivity index (χ1v) is 9.76. The van der Waals surface area contributed by atoms with Crippen molar-refractivity contribution in [2.45, 2.75) is 4.34 Å². The van der Waals surface area contributed by atoms with Crippen LogP contribution >= 0.6 is 34.7 Å². The molecule has 0 radical (unpaired) electrons. The van der Waals surface area contributed by atoms with Gasteiger partial charge in [-0.15, -0.1) is 10.2 Å². The molecule has 27 heavy (non-hydrogen) atoms. The number of halogens is 2. The molecule has 2 amide bonds. The van der Waals surface area contributed by atoms with Gasteiger partial charge in [0.05, 0.1) is 5.75 Å². The quantitative estimate of drug-likeness (QED) is 0.456. The highest BCUT2D eigenvalue weighted by atomic mass is 35.5. The van der Waals surface area contributed by atoms with Crippen molar-refractivity contribution in [1.82, 2.24) is 10.2 Å². The second-order valence-corrected chi connectivity index (χ2v) is 7.82. The summed E-state index contributed by atoms with van der Waals surface area (Å²) in [5.41, 5.74) is 0.826. The maximum Gasteiger partial charge on any atom is 0.257 e. The molecule has 0 fully saturated rings. The zero-order valence-corrected chi connectivity index (χ0v) is 16.0. The van der Waals surface area contributed by atoms with Crippen LogP contribution in [0.5, 0.6) is 0 Å². The fourth-order valence-electron chi connectivity index (χ4n) is 1.98. The second-order valence-electron chi connectivity index (χ2n) is 5.18. The summed E-state index contributed by atoms with van der Waals surface area (Å²) in [5, 5.41) is 13.9. The van der Waals surface area contributed by atoms with Gasteiger partial charge in [0.2, 0.25) is 11.0 Å². The third-order valence-electron chi connectivity index (χ3n) is 3.17. The third-order valence-corrected chi connectivity index (χ3v) is 5.39. The minimum absolute atomic E-state index is 0.0796. The van der Waals surface area contributed by atoms with E-state index in [0.717, 1.165) is 11.3 Å². The molecule has 0 saturated heterocycles. The molecule has 138 valence electrons. The molecule has 1 heterocycles. The molecule has 0 saturated carbocycles. The van der Waals surface area contributed by atoms with Gasteiger partial charge in [-0.3, -0.25) is 14.9 Å². The largest absolute Gasteiger partial charge is 0.325 e. The van der Waals surface area contributed by atoms with E-state index in [1.54, 1.807) is 30.3 Å². The lowest BCUT2D eigenvalue weighted by molar-refractivity contribution is -0.113. The number of carbonyl (C=O) groups excluding carboxylic acids is 2. The molecule has 6 nitrogen and oxygen atoms in total. The normalized spacial score (nSPS) is 10.4. The Balaban J connectivity index is 1.51. The highest BCUT2D eigenvalue weighted by Crippen LogP contribution is 2.26. The van der Waals surface area contributed by atoms with Crippen molar-refractivity contribution < 1.29 is 14.0 Å². The molecule has 10 heteroatoms. The van der Waals surface area contributed by atoms with Crippen LogP contribution in [-0.2, 0) is 4.79 Å². The van der Waals surface area contributed by atoms with E-state index in [1.165, 1.54) is 30.0 Å². The van der Waals surface area contributed by atoms with Crippen molar-refractivity contribution in [1.29, 1.82) is 0 Å². The molecular weight excluding hydrogens is 411 g/mol. The van der Waals surface area contributed by atoms with Gasteiger partial charge in [-0.1, -0.05) is 40.8 Å². The molecule has 0 spiro atoms. The maximum atomic E-state index is 13.1. The third kappa shape index (κ3) is 5.75. The standard InChI is InChI=1S/C17H12ClFN4O2S2/c18-11-6-4-10(5-7-11)15(25)21-16-22-23-17(27-16)26-9-14(24)20-13-3-1-2-12(19)8-13/h1-8H,9H2,(H,20,24)(H,21,22,25). The molecular formula is C17H12ClFN4O2S2. The van der Waals surface area contributed by atoms with E-state index in [-0.39, 0.29) is 17.6 Å². The summed E-state index contributed by atoms with van der Waals surface area (Å²) in [6, 6.07) is 12.1. The molecule has 0 bridgehead atoms. The molecule has 0 aliphatic carbocycles. The van der Waals surface area contributed by atoms with Crippen LogP contribution in [0.2, 0.25) is 5.02 Å². The summed E-state index contributed by atoms with van der Waals surface area (Å²) in [7, 11) is 0. The summed E-state index contributed by atoms with van der Waals surface area (Å²) in [5.74, 6) is -0.975. The van der Waals surface area contributed by atoms with Crippen LogP contribution in [-0.4, -0.2) is 27.8 Å². The van der Waals surface area contributed by atoms with E-state index < -0.39 is 5.82 Å². The number of nitrogens with zero attached hydrogens (tertiary/aromatic N) is 2. The van der Waals surface area contributed by atoms with Gasteiger partial charge < -0.3 is 5.32 Å². The summed E-state index contributed by atoms with van der Waals surface area (Å²) < 4.78 is 13.6. The van der Waals surface area contributed by atoms with Crippen LogP contribution in [0.3, 0.4) is 0 Å². The zero-order chi connectivity index (χ0) is 19.2. The molecule has 2 aromatic carbocycles. The predicted molar refractivity (Wildman–Crippen MR) is 105 cm³/mol. The highest BCUT2D eigenvalue weighted by Gasteiger charge is 2.12. The van der Waals surface area contributed by atoms with Crippen LogP contribution < -0.4 is 10.6 Å². The molecule has 1 aromatic heterocycles. The van der Waals surface area contributed by atoms with Crippen molar-refractivity contribution in [3.8, 4) is 0 Å². The van der Waals surface area contributed by atoms with E-state index in [1.807, 2.05) is 0 Å². The first-order valence-electron chi connectivity index (χ1n) is 7.58. The molecule has 0 aliphatic heterocycles. The Bertz CT molecular complexity index is 966. The number of benzene rings is 2. The maximum absolute atomic E-state index is 13.1. The van der Waals surface area contributed by atoms with Crippen LogP contribution in [0.25, 0.3) is 0 Å². The van der Waals surface area contributed by atoms with Gasteiger partial charge in [0, 0.05) is 16.3 Å². The van der Waals surface area contributed by atoms with E-state index >= 15 is 0 Å². The van der Waals surface area contributed by atoms with Gasteiger partial charge in [-0.25, -0.2) is 4.39 Å². The van der Waals surface area contributed by atoms with Gasteiger partial charge in [-0.2, -0.15) is 0 Å². The van der Waals surface area contributed by atoms with Crippen molar-refractivity contribution in [3.63, 3.8) is 0 Å². The monoisotopic (exact) mass is 422 g/mol. The van der Waals surface area contributed by atoms with E-state index in [9.17, 15) is 14.0 Å². The van der Waals surface area contributed by atoms with Crippen molar-refractivity contribution >= 4 is 57.3 Å². The molecule has 0 aliphatic rings. The summed E-state index contributed by atoms with van der Waals surface area (Å²) >= 11 is 8.11. The highest BCUT2D eigenvalue weighted by molar-refractivity contribution is 8.01. The number of anilines is 2. The predicted octanol–water partition coefficient (Wildman–Crippen LogP) is 4.31. The second kappa shape index (κ2) is 8.94. The van der Waals surface area contributed by atoms with Crippen molar-refractivity contribution in [3.05, 3.63) is 64.9 Å². The SMILES string of the molecule is O=C(CSc1nnc(NC(=O)c2ccc(Cl)cc2)s1)Nc1cccc(F)c1. The smallest absolute Gasteiger partial charge is 0.257 e. The average molecular weight is 423 g/mol. The van der Waals surface area contributed by atoms with Gasteiger partial charge in [0.1, 0.15) is 5.82 Å². The molecule has 3 rings (SSSR count). The van der Waals surface area contributed by atoms with Gasteiger partial charge >= 0.3 is 0 Å². The molecule has 2 N–H and O–H groups in total. The Labute approximate surface area is 167 Å². The van der Waals surface area contributed by atoms with Crippen molar-refractivity contribution in [2.75, 3.05) is 16.4 Å². The van der Waals surface area contributed by atoms with E-state index in [4.69, 9.17) is 11.6 Å². The first-order chi connectivity index (χ1) is 13.0. The number of rotatable bonds is 6. The number of amides is 2. The van der Waals surface area contributed by atoms with Gasteiger partial charge in [0.25, 0.3) is 5.91 Å². The Morgan fingerprint density at radius 2 is 1.89 bits per heavy atom. The number of aromatic nitrogens is 2. The van der Waals surface area contributed by atoms with Gasteiger partial charge in [-0.05, 0) is 42.5 Å². The number of carbonyl (C=O) groups is 2. The fraction of sp³-hybridized carbons (Fsp3) is 0.0588. The Hall–Kier alpha value is -2.49. The lowest BCUT2D eigenvalue weighted by Gasteiger charge is -2.03. The minimum atomic E-state index is -0.425. The van der Waals surface area contributed by atoms with Crippen LogP contribution in [0.15, 0.2) is 52.9 Å². The fourth-order valence-corrected chi connectivity index (χ4v) is 3.65. The first kappa shape index (κ1) is 19.3. The van der Waals surface area contributed by atoms with Crippen molar-refractivity contribution in [2.24, 2.45) is 0 Å². The molecule has 0 atom stereocenters. The Morgan fingerprint density at radius 3 is 2.63 bits per heavy atom. The van der Waals surface area contributed by atoms with Gasteiger partial charge in [0.15, 0.2) is 4.34 Å². The van der Waals surface area contributed by atoms with Crippen LogP contribution in [0, 0.1) is 5.82 Å².